The lowest BCUT2D eigenvalue weighted by atomic mass is 10.2. The highest BCUT2D eigenvalue weighted by Crippen LogP contribution is 2.36. The summed E-state index contributed by atoms with van der Waals surface area (Å²) < 4.78 is 5.92. The molecule has 1 aliphatic carbocycles. The van der Waals surface area contributed by atoms with Gasteiger partial charge >= 0.3 is 0 Å². The summed E-state index contributed by atoms with van der Waals surface area (Å²) in [5.74, 6) is 0.824. The van der Waals surface area contributed by atoms with Crippen LogP contribution >= 0.6 is 0 Å². The molecule has 0 amide bonds. The van der Waals surface area contributed by atoms with Crippen molar-refractivity contribution in [3.05, 3.63) is 47.4 Å². The lowest BCUT2D eigenvalue weighted by Gasteiger charge is -2.15. The van der Waals surface area contributed by atoms with Gasteiger partial charge in [0, 0.05) is 11.3 Å². The molecule has 0 saturated heterocycles. The number of benzene rings is 1. The van der Waals surface area contributed by atoms with Crippen molar-refractivity contribution >= 4 is 11.5 Å². The van der Waals surface area contributed by atoms with E-state index in [-0.39, 0.29) is 12.2 Å². The minimum absolute atomic E-state index is 0.0551. The maximum atomic E-state index is 8.84. The Morgan fingerprint density at radius 3 is 2.73 bits per heavy atom. The van der Waals surface area contributed by atoms with Crippen molar-refractivity contribution in [1.82, 2.24) is 9.97 Å². The molecule has 1 heterocycles. The largest absolute Gasteiger partial charge is 0.369 e. The fraction of sp³-hybridized carbons (Fsp3) is 0.353. The average molecular weight is 294 g/mol. The van der Waals surface area contributed by atoms with Gasteiger partial charge in [0.2, 0.25) is 0 Å². The van der Waals surface area contributed by atoms with E-state index in [0.717, 1.165) is 35.6 Å². The summed E-state index contributed by atoms with van der Waals surface area (Å²) in [5, 5.41) is 12.2. The summed E-state index contributed by atoms with van der Waals surface area (Å²) in [6.45, 7) is 4.07. The molecule has 0 aliphatic heterocycles. The van der Waals surface area contributed by atoms with Crippen LogP contribution < -0.4 is 5.32 Å². The quantitative estimate of drug-likeness (QED) is 0.934. The first-order valence-corrected chi connectivity index (χ1v) is 7.44. The molecular formula is C17H18N4O. The maximum absolute atomic E-state index is 8.84. The molecule has 1 atom stereocenters. The van der Waals surface area contributed by atoms with E-state index < -0.39 is 0 Å². The van der Waals surface area contributed by atoms with Crippen molar-refractivity contribution in [2.24, 2.45) is 0 Å². The molecule has 112 valence electrons. The molecular weight excluding hydrogens is 276 g/mol. The van der Waals surface area contributed by atoms with Crippen LogP contribution in [-0.4, -0.2) is 16.1 Å². The third-order valence-electron chi connectivity index (χ3n) is 3.65. The summed E-state index contributed by atoms with van der Waals surface area (Å²) in [6, 6.07) is 9.44. The van der Waals surface area contributed by atoms with Crippen LogP contribution in [0.15, 0.2) is 30.6 Å². The number of nitrogens with zero attached hydrogens (tertiary/aromatic N) is 3. The minimum Gasteiger partial charge on any atom is -0.369 e. The zero-order valence-electron chi connectivity index (χ0n) is 12.7. The predicted octanol–water partition coefficient (Wildman–Crippen LogP) is 3.50. The molecule has 22 heavy (non-hydrogen) atoms. The number of nitrogens with one attached hydrogen (secondary N) is 1. The molecule has 0 fully saturated rings. The molecule has 5 heteroatoms. The summed E-state index contributed by atoms with van der Waals surface area (Å²) in [6.07, 6.45) is 3.66. The van der Waals surface area contributed by atoms with E-state index in [1.807, 2.05) is 26.0 Å². The highest BCUT2D eigenvalue weighted by Gasteiger charge is 2.28. The number of anilines is 2. The molecule has 0 bridgehead atoms. The lowest BCUT2D eigenvalue weighted by molar-refractivity contribution is 0.00570. The van der Waals surface area contributed by atoms with Crippen LogP contribution in [0.4, 0.5) is 11.5 Å². The van der Waals surface area contributed by atoms with Crippen molar-refractivity contribution in [3.8, 4) is 6.07 Å². The molecule has 1 aliphatic rings. The number of nitriles is 1. The van der Waals surface area contributed by atoms with Gasteiger partial charge in [-0.05, 0) is 51.0 Å². The first-order valence-electron chi connectivity index (χ1n) is 7.44. The lowest BCUT2D eigenvalue weighted by Crippen LogP contribution is -2.09. The molecule has 1 aromatic carbocycles. The van der Waals surface area contributed by atoms with Crippen molar-refractivity contribution in [1.29, 1.82) is 5.26 Å². The predicted molar refractivity (Wildman–Crippen MR) is 83.8 cm³/mol. The molecule has 1 unspecified atom stereocenters. The van der Waals surface area contributed by atoms with Gasteiger partial charge in [-0.2, -0.15) is 5.26 Å². The average Bonchev–Trinajstić information content (AvgIpc) is 2.92. The van der Waals surface area contributed by atoms with Gasteiger partial charge in [-0.25, -0.2) is 9.97 Å². The van der Waals surface area contributed by atoms with Gasteiger partial charge in [0.15, 0.2) is 0 Å². The van der Waals surface area contributed by atoms with E-state index in [0.29, 0.717) is 5.56 Å². The van der Waals surface area contributed by atoms with Crippen LogP contribution in [0.1, 0.15) is 43.2 Å². The summed E-state index contributed by atoms with van der Waals surface area (Å²) >= 11 is 0. The van der Waals surface area contributed by atoms with E-state index in [1.54, 1.807) is 18.5 Å². The van der Waals surface area contributed by atoms with Gasteiger partial charge in [0.05, 0.1) is 23.4 Å². The molecule has 1 aromatic heterocycles. The molecule has 0 radical (unpaired) electrons. The molecule has 3 rings (SSSR count). The van der Waals surface area contributed by atoms with Crippen molar-refractivity contribution in [3.63, 3.8) is 0 Å². The first kappa shape index (κ1) is 14.5. The van der Waals surface area contributed by atoms with Gasteiger partial charge in [0.25, 0.3) is 0 Å². The van der Waals surface area contributed by atoms with Crippen LogP contribution in [0.2, 0.25) is 0 Å². The second-order valence-electron chi connectivity index (χ2n) is 5.61. The Morgan fingerprint density at radius 1 is 1.27 bits per heavy atom. The number of rotatable bonds is 4. The number of fused-ring (bicyclic) bond motifs is 1. The van der Waals surface area contributed by atoms with E-state index >= 15 is 0 Å². The van der Waals surface area contributed by atoms with Crippen molar-refractivity contribution < 1.29 is 4.74 Å². The second-order valence-corrected chi connectivity index (χ2v) is 5.61. The summed E-state index contributed by atoms with van der Waals surface area (Å²) in [7, 11) is 0. The van der Waals surface area contributed by atoms with Crippen molar-refractivity contribution in [2.75, 3.05) is 5.32 Å². The Balaban J connectivity index is 1.84. The third kappa shape index (κ3) is 2.92. The Bertz CT molecular complexity index is 704. The van der Waals surface area contributed by atoms with Gasteiger partial charge in [0.1, 0.15) is 18.2 Å². The fourth-order valence-electron chi connectivity index (χ4n) is 2.70. The van der Waals surface area contributed by atoms with Crippen LogP contribution in [0.3, 0.4) is 0 Å². The first-order chi connectivity index (χ1) is 10.7. The molecule has 5 nitrogen and oxygen atoms in total. The van der Waals surface area contributed by atoms with Gasteiger partial charge < -0.3 is 10.1 Å². The smallest absolute Gasteiger partial charge is 0.137 e. The van der Waals surface area contributed by atoms with E-state index in [1.165, 1.54) is 0 Å². The molecule has 0 saturated carbocycles. The zero-order chi connectivity index (χ0) is 15.5. The highest BCUT2D eigenvalue weighted by molar-refractivity contribution is 5.61. The fourth-order valence-corrected chi connectivity index (χ4v) is 2.70. The van der Waals surface area contributed by atoms with E-state index in [9.17, 15) is 0 Å². The van der Waals surface area contributed by atoms with Crippen LogP contribution in [0.5, 0.6) is 0 Å². The van der Waals surface area contributed by atoms with Gasteiger partial charge in [-0.3, -0.25) is 0 Å². The van der Waals surface area contributed by atoms with Crippen LogP contribution in [-0.2, 0) is 11.2 Å². The monoisotopic (exact) mass is 294 g/mol. The zero-order valence-corrected chi connectivity index (χ0v) is 12.7. The maximum Gasteiger partial charge on any atom is 0.137 e. The normalized spacial score (nSPS) is 16.4. The molecule has 1 N–H and O–H groups in total. The topological polar surface area (TPSA) is 70.8 Å². The molecule has 0 spiro atoms. The number of ether oxygens (including phenoxy) is 1. The number of hydrogen-bond donors (Lipinski definition) is 1. The van der Waals surface area contributed by atoms with Crippen LogP contribution in [0, 0.1) is 11.3 Å². The van der Waals surface area contributed by atoms with E-state index in [2.05, 4.69) is 21.4 Å². The van der Waals surface area contributed by atoms with E-state index in [4.69, 9.17) is 10.00 Å². The van der Waals surface area contributed by atoms with Crippen molar-refractivity contribution in [2.45, 2.75) is 38.9 Å². The number of aromatic nitrogens is 2. The Morgan fingerprint density at radius 2 is 2.05 bits per heavy atom. The van der Waals surface area contributed by atoms with Crippen LogP contribution in [0.25, 0.3) is 0 Å². The minimum atomic E-state index is 0.0551. The summed E-state index contributed by atoms with van der Waals surface area (Å²) in [4.78, 5) is 8.76. The van der Waals surface area contributed by atoms with Gasteiger partial charge in [-0.15, -0.1) is 0 Å². The SMILES string of the molecule is CC(C)OC1CCc2c(Nc3ccc(C#N)cc3)ncnc21. The Hall–Kier alpha value is -2.45. The number of hydrogen-bond acceptors (Lipinski definition) is 5. The Kier molecular flexibility index (Phi) is 4.03. The second kappa shape index (κ2) is 6.12. The highest BCUT2D eigenvalue weighted by atomic mass is 16.5. The third-order valence-corrected chi connectivity index (χ3v) is 3.65. The Labute approximate surface area is 130 Å². The standard InChI is InChI=1S/C17H18N4O/c1-11(2)22-15-8-7-14-16(15)19-10-20-17(14)21-13-5-3-12(9-18)4-6-13/h3-6,10-11,15H,7-8H2,1-2H3,(H,19,20,21). The summed E-state index contributed by atoms with van der Waals surface area (Å²) in [5.41, 5.74) is 3.66. The van der Waals surface area contributed by atoms with Gasteiger partial charge in [-0.1, -0.05) is 0 Å². The molecule has 2 aromatic rings.